The molecule has 2 aromatic carbocycles. The molecule has 0 saturated heterocycles. The maximum Gasteiger partial charge on any atom is 0.337 e. The van der Waals surface area contributed by atoms with Crippen molar-refractivity contribution in [2.24, 2.45) is 4.99 Å². The summed E-state index contributed by atoms with van der Waals surface area (Å²) in [6.45, 7) is 2.97. The van der Waals surface area contributed by atoms with Crippen LogP contribution in [0.2, 0.25) is 5.02 Å². The summed E-state index contributed by atoms with van der Waals surface area (Å²) in [6, 6.07) is 9.98. The molecule has 0 radical (unpaired) electrons. The second kappa shape index (κ2) is 8.68. The van der Waals surface area contributed by atoms with Gasteiger partial charge in [-0.3, -0.25) is 4.79 Å². The third kappa shape index (κ3) is 4.01. The van der Waals surface area contributed by atoms with Gasteiger partial charge in [-0.05, 0) is 48.9 Å². The highest BCUT2D eigenvalue weighted by atomic mass is 35.5. The molecule has 1 amide bonds. The maximum atomic E-state index is 12.7. The Kier molecular flexibility index (Phi) is 6.28. The van der Waals surface area contributed by atoms with Crippen molar-refractivity contribution in [2.45, 2.75) is 13.5 Å². The Morgan fingerprint density at radius 3 is 2.43 bits per heavy atom. The van der Waals surface area contributed by atoms with Gasteiger partial charge in [-0.15, -0.1) is 0 Å². The number of carbonyl (C=O) groups excluding carboxylic acids is 2. The van der Waals surface area contributed by atoms with Gasteiger partial charge < -0.3 is 14.0 Å². The lowest BCUT2D eigenvalue weighted by molar-refractivity contribution is 0.0600. The number of methoxy groups -OCH3 is 2. The zero-order valence-electron chi connectivity index (χ0n) is 15.7. The Morgan fingerprint density at radius 2 is 1.79 bits per heavy atom. The van der Waals surface area contributed by atoms with Crippen LogP contribution in [0.5, 0.6) is 0 Å². The molecule has 1 heterocycles. The standard InChI is InChI=1S/C20H19ClN2O4S/c1-12-15(21)8-9-16-17(12)23(10-11-26-2)20(28-16)22-18(24)13-4-6-14(7-5-13)19(25)27-3/h4-9H,10-11H2,1-3H3. The van der Waals surface area contributed by atoms with E-state index in [0.29, 0.717) is 34.1 Å². The zero-order chi connectivity index (χ0) is 20.3. The molecular formula is C20H19ClN2O4S. The van der Waals surface area contributed by atoms with Gasteiger partial charge in [0, 0.05) is 24.2 Å². The van der Waals surface area contributed by atoms with Crippen LogP contribution in [0.25, 0.3) is 10.2 Å². The molecule has 0 spiro atoms. The van der Waals surface area contributed by atoms with Gasteiger partial charge in [0.05, 0.1) is 29.5 Å². The van der Waals surface area contributed by atoms with Gasteiger partial charge in [0.15, 0.2) is 4.80 Å². The van der Waals surface area contributed by atoms with Crippen molar-refractivity contribution in [2.75, 3.05) is 20.8 Å². The summed E-state index contributed by atoms with van der Waals surface area (Å²) in [5.41, 5.74) is 2.64. The molecule has 0 unspecified atom stereocenters. The van der Waals surface area contributed by atoms with Gasteiger partial charge in [-0.1, -0.05) is 22.9 Å². The van der Waals surface area contributed by atoms with Gasteiger partial charge in [0.2, 0.25) is 0 Å². The summed E-state index contributed by atoms with van der Waals surface area (Å²) in [7, 11) is 2.94. The molecule has 0 aliphatic carbocycles. The number of hydrogen-bond acceptors (Lipinski definition) is 5. The number of benzene rings is 2. The number of esters is 1. The fourth-order valence-corrected chi connectivity index (χ4v) is 4.08. The van der Waals surface area contributed by atoms with E-state index in [1.54, 1.807) is 31.4 Å². The Hall–Kier alpha value is -2.48. The van der Waals surface area contributed by atoms with Crippen LogP contribution in [0, 0.1) is 6.92 Å². The van der Waals surface area contributed by atoms with Gasteiger partial charge in [0.1, 0.15) is 0 Å². The van der Waals surface area contributed by atoms with Gasteiger partial charge in [-0.25, -0.2) is 4.79 Å². The average Bonchev–Trinajstić information content (AvgIpc) is 3.06. The van der Waals surface area contributed by atoms with Crippen LogP contribution < -0.4 is 4.80 Å². The monoisotopic (exact) mass is 418 g/mol. The topological polar surface area (TPSA) is 69.9 Å². The molecule has 0 aliphatic heterocycles. The number of aryl methyl sites for hydroxylation is 1. The van der Waals surface area contributed by atoms with Crippen LogP contribution in [-0.4, -0.2) is 37.3 Å². The summed E-state index contributed by atoms with van der Waals surface area (Å²) in [4.78, 5) is 29.1. The number of ether oxygens (including phenoxy) is 2. The van der Waals surface area contributed by atoms with Crippen molar-refractivity contribution in [3.8, 4) is 0 Å². The second-order valence-corrected chi connectivity index (χ2v) is 7.45. The summed E-state index contributed by atoms with van der Waals surface area (Å²) < 4.78 is 12.8. The minimum atomic E-state index is -0.454. The third-order valence-electron chi connectivity index (χ3n) is 4.30. The highest BCUT2D eigenvalue weighted by molar-refractivity contribution is 7.16. The third-order valence-corrected chi connectivity index (χ3v) is 5.75. The smallest absolute Gasteiger partial charge is 0.337 e. The largest absolute Gasteiger partial charge is 0.465 e. The molecule has 0 saturated carbocycles. The van der Waals surface area contributed by atoms with E-state index < -0.39 is 11.9 Å². The van der Waals surface area contributed by atoms with Crippen molar-refractivity contribution in [1.82, 2.24) is 4.57 Å². The first kappa shape index (κ1) is 20.3. The van der Waals surface area contributed by atoms with Crippen LogP contribution in [-0.2, 0) is 16.0 Å². The molecule has 0 aliphatic rings. The molecule has 3 aromatic rings. The number of halogens is 1. The van der Waals surface area contributed by atoms with Crippen LogP contribution in [0.1, 0.15) is 26.3 Å². The lowest BCUT2D eigenvalue weighted by Crippen LogP contribution is -2.19. The van der Waals surface area contributed by atoms with Gasteiger partial charge in [0.25, 0.3) is 5.91 Å². The molecule has 1 aromatic heterocycles. The van der Waals surface area contributed by atoms with E-state index in [0.717, 1.165) is 15.8 Å². The van der Waals surface area contributed by atoms with Gasteiger partial charge in [-0.2, -0.15) is 4.99 Å². The minimum absolute atomic E-state index is 0.376. The first-order valence-corrected chi connectivity index (χ1v) is 9.70. The molecule has 8 heteroatoms. The molecule has 146 valence electrons. The maximum absolute atomic E-state index is 12.7. The fraction of sp³-hybridized carbons (Fsp3) is 0.250. The molecule has 0 fully saturated rings. The SMILES string of the molecule is COCCn1c(=NC(=O)c2ccc(C(=O)OC)cc2)sc2ccc(Cl)c(C)c21. The van der Waals surface area contributed by atoms with Crippen molar-refractivity contribution >= 4 is 45.0 Å². The highest BCUT2D eigenvalue weighted by Crippen LogP contribution is 2.27. The van der Waals surface area contributed by atoms with E-state index in [-0.39, 0.29) is 0 Å². The average molecular weight is 419 g/mol. The molecular weight excluding hydrogens is 400 g/mol. The number of carbonyl (C=O) groups is 2. The molecule has 28 heavy (non-hydrogen) atoms. The van der Waals surface area contributed by atoms with Crippen LogP contribution in [0.15, 0.2) is 41.4 Å². The number of hydrogen-bond donors (Lipinski definition) is 0. The van der Waals surface area contributed by atoms with Crippen molar-refractivity contribution < 1.29 is 19.1 Å². The first-order valence-electron chi connectivity index (χ1n) is 8.51. The Morgan fingerprint density at radius 1 is 1.11 bits per heavy atom. The number of amides is 1. The van der Waals surface area contributed by atoms with Crippen LogP contribution in [0.4, 0.5) is 0 Å². The second-order valence-electron chi connectivity index (χ2n) is 6.03. The number of aromatic nitrogens is 1. The minimum Gasteiger partial charge on any atom is -0.465 e. The highest BCUT2D eigenvalue weighted by Gasteiger charge is 2.13. The number of fused-ring (bicyclic) bond motifs is 1. The molecule has 6 nitrogen and oxygen atoms in total. The van der Waals surface area contributed by atoms with Crippen molar-refractivity contribution in [3.05, 3.63) is 62.9 Å². The predicted molar refractivity (Wildman–Crippen MR) is 109 cm³/mol. The van der Waals surface area contributed by atoms with E-state index in [1.165, 1.54) is 18.4 Å². The van der Waals surface area contributed by atoms with E-state index in [9.17, 15) is 9.59 Å². The van der Waals surface area contributed by atoms with Gasteiger partial charge >= 0.3 is 5.97 Å². The summed E-state index contributed by atoms with van der Waals surface area (Å²) in [5.74, 6) is -0.844. The molecule has 3 rings (SSSR count). The first-order chi connectivity index (χ1) is 13.5. The van der Waals surface area contributed by atoms with Crippen molar-refractivity contribution in [3.63, 3.8) is 0 Å². The van der Waals surface area contributed by atoms with Crippen LogP contribution >= 0.6 is 22.9 Å². The predicted octanol–water partition coefficient (Wildman–Crippen LogP) is 3.84. The summed E-state index contributed by atoms with van der Waals surface area (Å²) in [5, 5.41) is 0.660. The normalized spacial score (nSPS) is 11.8. The quantitative estimate of drug-likeness (QED) is 0.590. The lowest BCUT2D eigenvalue weighted by Gasteiger charge is -2.07. The summed E-state index contributed by atoms with van der Waals surface area (Å²) >= 11 is 7.70. The number of thiazole rings is 1. The van der Waals surface area contributed by atoms with E-state index in [1.807, 2.05) is 23.6 Å². The molecule has 0 N–H and O–H groups in total. The Labute approximate surface area is 171 Å². The number of rotatable bonds is 5. The Balaban J connectivity index is 2.06. The fourth-order valence-electron chi connectivity index (χ4n) is 2.81. The van der Waals surface area contributed by atoms with E-state index in [2.05, 4.69) is 9.73 Å². The zero-order valence-corrected chi connectivity index (χ0v) is 17.3. The summed E-state index contributed by atoms with van der Waals surface area (Å²) in [6.07, 6.45) is 0. The Bertz CT molecular complexity index is 1100. The van der Waals surface area contributed by atoms with Crippen molar-refractivity contribution in [1.29, 1.82) is 0 Å². The van der Waals surface area contributed by atoms with E-state index >= 15 is 0 Å². The molecule has 0 bridgehead atoms. The van der Waals surface area contributed by atoms with E-state index in [4.69, 9.17) is 16.3 Å². The van der Waals surface area contributed by atoms with Crippen LogP contribution in [0.3, 0.4) is 0 Å². The molecule has 0 atom stereocenters. The number of nitrogens with zero attached hydrogens (tertiary/aromatic N) is 2. The lowest BCUT2D eigenvalue weighted by atomic mass is 10.1.